The second kappa shape index (κ2) is 3.94. The molecule has 0 radical (unpaired) electrons. The third kappa shape index (κ3) is 1.77. The molecule has 5 nitrogen and oxygen atoms in total. The summed E-state index contributed by atoms with van der Waals surface area (Å²) in [7, 11) is 1.83. The average Bonchev–Trinajstić information content (AvgIpc) is 2.64. The van der Waals surface area contributed by atoms with Crippen molar-refractivity contribution in [3.63, 3.8) is 0 Å². The van der Waals surface area contributed by atoms with Crippen molar-refractivity contribution < 1.29 is 4.92 Å². The van der Waals surface area contributed by atoms with Crippen LogP contribution in [0.25, 0.3) is 11.4 Å². The van der Waals surface area contributed by atoms with E-state index >= 15 is 0 Å². The highest BCUT2D eigenvalue weighted by molar-refractivity contribution is 6.33. The largest absolute Gasteiger partial charge is 0.334 e. The van der Waals surface area contributed by atoms with Crippen molar-refractivity contribution in [1.82, 2.24) is 9.55 Å². The molecule has 0 spiro atoms. The Labute approximate surface area is 96.4 Å². The first kappa shape index (κ1) is 10.6. The molecule has 0 amide bonds. The van der Waals surface area contributed by atoms with Crippen LogP contribution in [0.15, 0.2) is 30.6 Å². The number of aryl methyl sites for hydroxylation is 1. The van der Waals surface area contributed by atoms with Crippen molar-refractivity contribution >= 4 is 17.3 Å². The van der Waals surface area contributed by atoms with Crippen LogP contribution in [0, 0.1) is 10.1 Å². The molecule has 1 aromatic heterocycles. The van der Waals surface area contributed by atoms with Gasteiger partial charge in [0, 0.05) is 37.1 Å². The van der Waals surface area contributed by atoms with Gasteiger partial charge in [0.2, 0.25) is 0 Å². The van der Waals surface area contributed by atoms with Crippen LogP contribution in [0.4, 0.5) is 5.69 Å². The number of halogens is 1. The van der Waals surface area contributed by atoms with E-state index in [-0.39, 0.29) is 5.69 Å². The van der Waals surface area contributed by atoms with Crippen molar-refractivity contribution in [2.45, 2.75) is 0 Å². The van der Waals surface area contributed by atoms with Crippen LogP contribution in [-0.4, -0.2) is 14.5 Å². The predicted octanol–water partition coefficient (Wildman–Crippen LogP) is 2.65. The first-order chi connectivity index (χ1) is 7.59. The van der Waals surface area contributed by atoms with Crippen LogP contribution in [0.2, 0.25) is 5.02 Å². The van der Waals surface area contributed by atoms with Crippen LogP contribution in [0.3, 0.4) is 0 Å². The molecule has 0 fully saturated rings. The van der Waals surface area contributed by atoms with Gasteiger partial charge in [-0.25, -0.2) is 4.98 Å². The normalized spacial score (nSPS) is 10.4. The van der Waals surface area contributed by atoms with E-state index in [0.29, 0.717) is 16.4 Å². The molecule has 2 rings (SSSR count). The van der Waals surface area contributed by atoms with E-state index in [4.69, 9.17) is 11.6 Å². The maximum atomic E-state index is 10.5. The minimum atomic E-state index is -0.478. The summed E-state index contributed by atoms with van der Waals surface area (Å²) in [5.74, 6) is 0.680. The number of imidazole rings is 1. The lowest BCUT2D eigenvalue weighted by Crippen LogP contribution is -1.93. The highest BCUT2D eigenvalue weighted by Crippen LogP contribution is 2.29. The molecule has 0 saturated heterocycles. The van der Waals surface area contributed by atoms with Crippen LogP contribution < -0.4 is 0 Å². The zero-order valence-corrected chi connectivity index (χ0v) is 9.18. The van der Waals surface area contributed by atoms with Crippen molar-refractivity contribution in [3.05, 3.63) is 45.7 Å². The molecular formula is C10H8ClN3O2. The molecule has 0 aliphatic rings. The lowest BCUT2D eigenvalue weighted by Gasteiger charge is -2.03. The Morgan fingerprint density at radius 3 is 2.75 bits per heavy atom. The lowest BCUT2D eigenvalue weighted by molar-refractivity contribution is -0.384. The summed E-state index contributed by atoms with van der Waals surface area (Å²) in [5, 5.41) is 10.9. The number of non-ortho nitro benzene ring substituents is 1. The summed E-state index contributed by atoms with van der Waals surface area (Å²) in [5.41, 5.74) is 0.655. The topological polar surface area (TPSA) is 61.0 Å². The number of hydrogen-bond donors (Lipinski definition) is 0. The highest BCUT2D eigenvalue weighted by atomic mass is 35.5. The zero-order chi connectivity index (χ0) is 11.7. The molecule has 1 heterocycles. The molecule has 0 N–H and O–H groups in total. The first-order valence-corrected chi connectivity index (χ1v) is 4.89. The van der Waals surface area contributed by atoms with Crippen molar-refractivity contribution in [1.29, 1.82) is 0 Å². The van der Waals surface area contributed by atoms with Crippen molar-refractivity contribution in [2.75, 3.05) is 0 Å². The maximum Gasteiger partial charge on any atom is 0.270 e. The molecule has 0 atom stereocenters. The van der Waals surface area contributed by atoms with Crippen molar-refractivity contribution in [3.8, 4) is 11.4 Å². The molecule has 0 saturated carbocycles. The number of nitrogens with zero attached hydrogens (tertiary/aromatic N) is 3. The van der Waals surface area contributed by atoms with E-state index < -0.39 is 4.92 Å². The lowest BCUT2D eigenvalue weighted by atomic mass is 10.2. The Balaban J connectivity index is 2.52. The van der Waals surface area contributed by atoms with E-state index in [1.54, 1.807) is 23.0 Å². The number of nitro benzene ring substituents is 1. The number of hydrogen-bond acceptors (Lipinski definition) is 3. The molecule has 0 unspecified atom stereocenters. The fraction of sp³-hybridized carbons (Fsp3) is 0.100. The van der Waals surface area contributed by atoms with E-state index in [1.165, 1.54) is 12.1 Å². The number of aromatic nitrogens is 2. The molecule has 0 aliphatic heterocycles. The van der Waals surface area contributed by atoms with Gasteiger partial charge in [-0.3, -0.25) is 10.1 Å². The van der Waals surface area contributed by atoms with Crippen LogP contribution in [-0.2, 0) is 7.05 Å². The summed E-state index contributed by atoms with van der Waals surface area (Å²) in [6, 6.07) is 4.34. The third-order valence-corrected chi connectivity index (χ3v) is 2.54. The monoisotopic (exact) mass is 237 g/mol. The minimum absolute atomic E-state index is 0.0250. The van der Waals surface area contributed by atoms with Gasteiger partial charge in [-0.15, -0.1) is 0 Å². The highest BCUT2D eigenvalue weighted by Gasteiger charge is 2.12. The predicted molar refractivity (Wildman–Crippen MR) is 60.3 cm³/mol. The summed E-state index contributed by atoms with van der Waals surface area (Å²) >= 11 is 5.98. The van der Waals surface area contributed by atoms with Gasteiger partial charge in [0.05, 0.1) is 9.95 Å². The smallest absolute Gasteiger partial charge is 0.270 e. The summed E-state index contributed by atoms with van der Waals surface area (Å²) in [6.45, 7) is 0. The quantitative estimate of drug-likeness (QED) is 0.596. The van der Waals surface area contributed by atoms with Crippen molar-refractivity contribution in [2.24, 2.45) is 7.05 Å². The molecule has 0 bridgehead atoms. The Morgan fingerprint density at radius 1 is 1.50 bits per heavy atom. The molecule has 1 aromatic carbocycles. The fourth-order valence-corrected chi connectivity index (χ4v) is 1.68. The Morgan fingerprint density at radius 2 is 2.25 bits per heavy atom. The summed E-state index contributed by atoms with van der Waals surface area (Å²) in [4.78, 5) is 14.2. The summed E-state index contributed by atoms with van der Waals surface area (Å²) < 4.78 is 1.80. The van der Waals surface area contributed by atoms with Gasteiger partial charge in [0.1, 0.15) is 5.82 Å². The molecule has 0 aliphatic carbocycles. The molecule has 6 heteroatoms. The molecule has 82 valence electrons. The Hall–Kier alpha value is -1.88. The Bertz CT molecular complexity index is 551. The van der Waals surface area contributed by atoms with E-state index in [2.05, 4.69) is 4.98 Å². The Kier molecular flexibility index (Phi) is 2.62. The molecule has 2 aromatic rings. The number of benzene rings is 1. The number of rotatable bonds is 2. The maximum absolute atomic E-state index is 10.5. The summed E-state index contributed by atoms with van der Waals surface area (Å²) in [6.07, 6.45) is 3.43. The first-order valence-electron chi connectivity index (χ1n) is 4.51. The van der Waals surface area contributed by atoms with Gasteiger partial charge in [0.15, 0.2) is 0 Å². The second-order valence-corrected chi connectivity index (χ2v) is 3.69. The molecule has 16 heavy (non-hydrogen) atoms. The standard InChI is InChI=1S/C10H8ClN3O2/c1-13-5-4-12-10(13)8-3-2-7(14(15)16)6-9(8)11/h2-6H,1H3. The van der Waals surface area contributed by atoms with Gasteiger partial charge in [0.25, 0.3) is 5.69 Å². The van der Waals surface area contributed by atoms with Crippen LogP contribution >= 0.6 is 11.6 Å². The van der Waals surface area contributed by atoms with Gasteiger partial charge in [-0.1, -0.05) is 11.6 Å². The van der Waals surface area contributed by atoms with E-state index in [1.807, 2.05) is 7.05 Å². The van der Waals surface area contributed by atoms with Gasteiger partial charge < -0.3 is 4.57 Å². The van der Waals surface area contributed by atoms with Crippen LogP contribution in [0.1, 0.15) is 0 Å². The van der Waals surface area contributed by atoms with Gasteiger partial charge >= 0.3 is 0 Å². The zero-order valence-electron chi connectivity index (χ0n) is 8.42. The fourth-order valence-electron chi connectivity index (χ4n) is 1.42. The minimum Gasteiger partial charge on any atom is -0.334 e. The van der Waals surface area contributed by atoms with Crippen LogP contribution in [0.5, 0.6) is 0 Å². The van der Waals surface area contributed by atoms with E-state index in [0.717, 1.165) is 0 Å². The average molecular weight is 238 g/mol. The van der Waals surface area contributed by atoms with Gasteiger partial charge in [-0.05, 0) is 6.07 Å². The third-order valence-electron chi connectivity index (χ3n) is 2.23. The SMILES string of the molecule is Cn1ccnc1-c1ccc([N+](=O)[O-])cc1Cl. The second-order valence-electron chi connectivity index (χ2n) is 3.28. The molecular weight excluding hydrogens is 230 g/mol. The number of nitro groups is 1. The van der Waals surface area contributed by atoms with E-state index in [9.17, 15) is 10.1 Å². The van der Waals surface area contributed by atoms with Gasteiger partial charge in [-0.2, -0.15) is 0 Å².